The SMILES string of the molecule is CC(C)[C@H](N)C(=O)NCC(c1ccc(F)cc1)N1CCOCC1.Cl. The third kappa shape index (κ3) is 5.70. The molecule has 1 aliphatic heterocycles. The second-order valence-electron chi connectivity index (χ2n) is 6.23. The van der Waals surface area contributed by atoms with E-state index in [0.29, 0.717) is 19.8 Å². The number of hydrogen-bond donors (Lipinski definition) is 2. The minimum absolute atomic E-state index is 0. The van der Waals surface area contributed by atoms with Crippen LogP contribution in [0, 0.1) is 11.7 Å². The number of hydrogen-bond acceptors (Lipinski definition) is 4. The van der Waals surface area contributed by atoms with Gasteiger partial charge in [-0.05, 0) is 23.6 Å². The summed E-state index contributed by atoms with van der Waals surface area (Å²) in [5.41, 5.74) is 6.87. The Bertz CT molecular complexity index is 507. The summed E-state index contributed by atoms with van der Waals surface area (Å²) in [6, 6.07) is 5.90. The van der Waals surface area contributed by atoms with Gasteiger partial charge in [-0.15, -0.1) is 12.4 Å². The average Bonchev–Trinajstić information content (AvgIpc) is 2.56. The maximum absolute atomic E-state index is 13.2. The van der Waals surface area contributed by atoms with Gasteiger partial charge in [0.05, 0.1) is 25.3 Å². The first kappa shape index (κ1) is 20.8. The lowest BCUT2D eigenvalue weighted by Gasteiger charge is -2.35. The van der Waals surface area contributed by atoms with E-state index in [-0.39, 0.29) is 36.1 Å². The third-order valence-corrected chi connectivity index (χ3v) is 4.23. The molecular weight excluding hydrogens is 333 g/mol. The van der Waals surface area contributed by atoms with Gasteiger partial charge in [0.25, 0.3) is 0 Å². The molecule has 1 saturated heterocycles. The van der Waals surface area contributed by atoms with Crippen LogP contribution in [0.1, 0.15) is 25.5 Å². The van der Waals surface area contributed by atoms with Crippen LogP contribution in [-0.2, 0) is 9.53 Å². The highest BCUT2D eigenvalue weighted by atomic mass is 35.5. The monoisotopic (exact) mass is 359 g/mol. The Kier molecular flexibility index (Phi) is 8.62. The van der Waals surface area contributed by atoms with Gasteiger partial charge in [-0.1, -0.05) is 26.0 Å². The number of carbonyl (C=O) groups excluding carboxylic acids is 1. The van der Waals surface area contributed by atoms with Crippen LogP contribution in [0.4, 0.5) is 4.39 Å². The van der Waals surface area contributed by atoms with E-state index in [2.05, 4.69) is 10.2 Å². The van der Waals surface area contributed by atoms with Crippen molar-refractivity contribution in [1.82, 2.24) is 10.2 Å². The number of nitrogens with one attached hydrogen (secondary N) is 1. The summed E-state index contributed by atoms with van der Waals surface area (Å²) in [5.74, 6) is -0.330. The molecule has 1 amide bonds. The number of halogens is 2. The molecule has 1 fully saturated rings. The largest absolute Gasteiger partial charge is 0.379 e. The van der Waals surface area contributed by atoms with E-state index >= 15 is 0 Å². The summed E-state index contributed by atoms with van der Waals surface area (Å²) in [6.07, 6.45) is 0. The van der Waals surface area contributed by atoms with Gasteiger partial charge >= 0.3 is 0 Å². The van der Waals surface area contributed by atoms with Crippen molar-refractivity contribution in [1.29, 1.82) is 0 Å². The van der Waals surface area contributed by atoms with Gasteiger partial charge in [-0.3, -0.25) is 9.69 Å². The zero-order valence-corrected chi connectivity index (χ0v) is 15.0. The molecule has 1 aliphatic rings. The first-order valence-corrected chi connectivity index (χ1v) is 8.09. The van der Waals surface area contributed by atoms with E-state index in [1.54, 1.807) is 12.1 Å². The average molecular weight is 360 g/mol. The first-order chi connectivity index (χ1) is 11.0. The van der Waals surface area contributed by atoms with Crippen LogP contribution >= 0.6 is 12.4 Å². The fourth-order valence-electron chi connectivity index (χ4n) is 2.65. The summed E-state index contributed by atoms with van der Waals surface area (Å²) >= 11 is 0. The van der Waals surface area contributed by atoms with Crippen molar-refractivity contribution in [3.63, 3.8) is 0 Å². The summed E-state index contributed by atoms with van der Waals surface area (Å²) in [4.78, 5) is 14.4. The number of benzene rings is 1. The molecule has 24 heavy (non-hydrogen) atoms. The molecule has 0 aromatic heterocycles. The Morgan fingerprint density at radius 1 is 1.29 bits per heavy atom. The lowest BCUT2D eigenvalue weighted by Crippen LogP contribution is -2.48. The van der Waals surface area contributed by atoms with Crippen LogP contribution < -0.4 is 11.1 Å². The van der Waals surface area contributed by atoms with Crippen molar-refractivity contribution in [3.05, 3.63) is 35.6 Å². The molecule has 5 nitrogen and oxygen atoms in total. The number of carbonyl (C=O) groups is 1. The van der Waals surface area contributed by atoms with Crippen molar-refractivity contribution in [2.45, 2.75) is 25.9 Å². The van der Waals surface area contributed by atoms with Gasteiger partial charge in [0.15, 0.2) is 0 Å². The molecule has 1 heterocycles. The summed E-state index contributed by atoms with van der Waals surface area (Å²) in [6.45, 7) is 7.19. The van der Waals surface area contributed by atoms with E-state index in [9.17, 15) is 9.18 Å². The van der Waals surface area contributed by atoms with Gasteiger partial charge in [0.1, 0.15) is 5.82 Å². The van der Waals surface area contributed by atoms with Gasteiger partial charge in [0.2, 0.25) is 5.91 Å². The Hall–Kier alpha value is -1.21. The predicted octanol–water partition coefficient (Wildman–Crippen LogP) is 1.72. The number of nitrogens with two attached hydrogens (primary N) is 1. The van der Waals surface area contributed by atoms with E-state index in [1.807, 2.05) is 13.8 Å². The highest BCUT2D eigenvalue weighted by molar-refractivity contribution is 5.85. The van der Waals surface area contributed by atoms with E-state index < -0.39 is 6.04 Å². The lowest BCUT2D eigenvalue weighted by molar-refractivity contribution is -0.123. The number of rotatable bonds is 6. The maximum Gasteiger partial charge on any atom is 0.237 e. The van der Waals surface area contributed by atoms with Crippen molar-refractivity contribution in [2.75, 3.05) is 32.8 Å². The maximum atomic E-state index is 13.2. The molecule has 7 heteroatoms. The quantitative estimate of drug-likeness (QED) is 0.811. The Labute approximate surface area is 149 Å². The molecule has 0 aliphatic carbocycles. The molecule has 1 aromatic rings. The summed E-state index contributed by atoms with van der Waals surface area (Å²) in [5, 5.41) is 2.93. The van der Waals surface area contributed by atoms with Gasteiger partial charge < -0.3 is 15.8 Å². The normalized spacial score (nSPS) is 17.9. The molecule has 1 aromatic carbocycles. The molecule has 0 bridgehead atoms. The second kappa shape index (κ2) is 9.93. The predicted molar refractivity (Wildman–Crippen MR) is 94.6 cm³/mol. The van der Waals surface area contributed by atoms with Crippen molar-refractivity contribution in [2.24, 2.45) is 11.7 Å². The number of ether oxygens (including phenoxy) is 1. The smallest absolute Gasteiger partial charge is 0.237 e. The molecule has 0 saturated carbocycles. The molecule has 2 atom stereocenters. The van der Waals surface area contributed by atoms with Crippen molar-refractivity contribution in [3.8, 4) is 0 Å². The highest BCUT2D eigenvalue weighted by Gasteiger charge is 2.25. The van der Waals surface area contributed by atoms with Crippen LogP contribution in [0.25, 0.3) is 0 Å². The Balaban J connectivity index is 0.00000288. The molecule has 1 unspecified atom stereocenters. The van der Waals surface area contributed by atoms with Crippen molar-refractivity contribution < 1.29 is 13.9 Å². The van der Waals surface area contributed by atoms with E-state index in [0.717, 1.165) is 18.7 Å². The molecule has 0 radical (unpaired) electrons. The van der Waals surface area contributed by atoms with Crippen molar-refractivity contribution >= 4 is 18.3 Å². The first-order valence-electron chi connectivity index (χ1n) is 8.09. The summed E-state index contributed by atoms with van der Waals surface area (Å²) < 4.78 is 18.6. The Morgan fingerprint density at radius 2 is 1.88 bits per heavy atom. The number of morpholine rings is 1. The minimum Gasteiger partial charge on any atom is -0.379 e. The zero-order valence-electron chi connectivity index (χ0n) is 14.2. The third-order valence-electron chi connectivity index (χ3n) is 4.23. The van der Waals surface area contributed by atoms with Crippen LogP contribution in [0.5, 0.6) is 0 Å². The van der Waals surface area contributed by atoms with Gasteiger partial charge in [-0.25, -0.2) is 4.39 Å². The lowest BCUT2D eigenvalue weighted by atomic mass is 10.0. The van der Waals surface area contributed by atoms with Gasteiger partial charge in [-0.2, -0.15) is 0 Å². The van der Waals surface area contributed by atoms with Crippen LogP contribution in [0.3, 0.4) is 0 Å². The van der Waals surface area contributed by atoms with E-state index in [1.165, 1.54) is 12.1 Å². The fourth-order valence-corrected chi connectivity index (χ4v) is 2.65. The zero-order chi connectivity index (χ0) is 16.8. The molecule has 0 spiro atoms. The van der Waals surface area contributed by atoms with Crippen LogP contribution in [-0.4, -0.2) is 49.7 Å². The molecule has 3 N–H and O–H groups in total. The second-order valence-corrected chi connectivity index (χ2v) is 6.23. The van der Waals surface area contributed by atoms with E-state index in [4.69, 9.17) is 10.5 Å². The van der Waals surface area contributed by atoms with Gasteiger partial charge in [0, 0.05) is 19.6 Å². The molecular formula is C17H27ClFN3O2. The standard InChI is InChI=1S/C17H26FN3O2.ClH/c1-12(2)16(19)17(22)20-11-15(21-7-9-23-10-8-21)13-3-5-14(18)6-4-13;/h3-6,12,15-16H,7-11,19H2,1-2H3,(H,20,22);1H/t15?,16-;/m0./s1. The van der Waals surface area contributed by atoms with Crippen LogP contribution in [0.2, 0.25) is 0 Å². The minimum atomic E-state index is -0.520. The number of nitrogens with zero attached hydrogens (tertiary/aromatic N) is 1. The Morgan fingerprint density at radius 3 is 2.42 bits per heavy atom. The fraction of sp³-hybridized carbons (Fsp3) is 0.588. The molecule has 136 valence electrons. The molecule has 2 rings (SSSR count). The van der Waals surface area contributed by atoms with Crippen LogP contribution in [0.15, 0.2) is 24.3 Å². The highest BCUT2D eigenvalue weighted by Crippen LogP contribution is 2.21. The number of amides is 1. The summed E-state index contributed by atoms with van der Waals surface area (Å²) in [7, 11) is 0. The topological polar surface area (TPSA) is 67.6 Å².